The molecule has 0 spiro atoms. The van der Waals surface area contributed by atoms with Gasteiger partial charge in [-0.2, -0.15) is 0 Å². The first-order chi connectivity index (χ1) is 11.2. The number of halogens is 1. The van der Waals surface area contributed by atoms with Crippen LogP contribution in [-0.2, 0) is 9.59 Å². The van der Waals surface area contributed by atoms with Crippen molar-refractivity contribution in [3.8, 4) is 0 Å². The van der Waals surface area contributed by atoms with E-state index < -0.39 is 0 Å². The van der Waals surface area contributed by atoms with Crippen molar-refractivity contribution in [2.45, 2.75) is 76.7 Å². The third-order valence-electron chi connectivity index (χ3n) is 5.33. The van der Waals surface area contributed by atoms with Crippen LogP contribution >= 0.6 is 12.4 Å². The molecule has 24 heavy (non-hydrogen) atoms. The van der Waals surface area contributed by atoms with Crippen LogP contribution in [-0.4, -0.2) is 42.4 Å². The number of hydrogen-bond acceptors (Lipinski definition) is 3. The number of nitrogens with one attached hydrogen (secondary N) is 1. The predicted octanol–water partition coefficient (Wildman–Crippen LogP) is 2.61. The molecule has 2 aliphatic rings. The van der Waals surface area contributed by atoms with Crippen molar-refractivity contribution >= 4 is 24.2 Å². The quantitative estimate of drug-likeness (QED) is 0.699. The van der Waals surface area contributed by atoms with Crippen molar-refractivity contribution in [1.82, 2.24) is 10.2 Å². The molecule has 0 aromatic carbocycles. The molecule has 1 saturated heterocycles. The average molecular weight is 360 g/mol. The van der Waals surface area contributed by atoms with Crippen LogP contribution in [0.25, 0.3) is 0 Å². The number of nitrogens with zero attached hydrogens (tertiary/aromatic N) is 1. The predicted molar refractivity (Wildman–Crippen MR) is 99.1 cm³/mol. The van der Waals surface area contributed by atoms with E-state index in [-0.39, 0.29) is 30.3 Å². The minimum absolute atomic E-state index is 0. The molecule has 0 aromatic heterocycles. The molecule has 5 nitrogen and oxygen atoms in total. The van der Waals surface area contributed by atoms with Crippen LogP contribution in [0.5, 0.6) is 0 Å². The van der Waals surface area contributed by atoms with Gasteiger partial charge in [0.25, 0.3) is 0 Å². The first kappa shape index (κ1) is 21.2. The second-order valence-electron chi connectivity index (χ2n) is 7.12. The van der Waals surface area contributed by atoms with Crippen LogP contribution < -0.4 is 11.1 Å². The van der Waals surface area contributed by atoms with Crippen LogP contribution in [0.4, 0.5) is 0 Å². The lowest BCUT2D eigenvalue weighted by molar-refractivity contribution is -0.135. The molecular weight excluding hydrogens is 326 g/mol. The topological polar surface area (TPSA) is 75.4 Å². The summed E-state index contributed by atoms with van der Waals surface area (Å²) in [5.74, 6) is 1.13. The Bertz CT molecular complexity index is 386. The maximum Gasteiger partial charge on any atom is 0.222 e. The Labute approximate surface area is 152 Å². The average Bonchev–Trinajstić information content (AvgIpc) is 3.07. The molecule has 0 aromatic rings. The molecule has 1 atom stereocenters. The highest BCUT2D eigenvalue weighted by Gasteiger charge is 2.26. The number of piperidine rings is 1. The van der Waals surface area contributed by atoms with Crippen molar-refractivity contribution in [2.24, 2.45) is 11.7 Å². The van der Waals surface area contributed by atoms with Crippen LogP contribution in [0.3, 0.4) is 0 Å². The van der Waals surface area contributed by atoms with E-state index in [9.17, 15) is 9.59 Å². The SMILES string of the molecule is Cl.NCCC(=O)NCC1CCCCN1C(=O)CCCC1CCCC1. The lowest BCUT2D eigenvalue weighted by Gasteiger charge is -2.36. The largest absolute Gasteiger partial charge is 0.354 e. The maximum absolute atomic E-state index is 12.5. The summed E-state index contributed by atoms with van der Waals surface area (Å²) in [7, 11) is 0. The van der Waals surface area contributed by atoms with Gasteiger partial charge in [0.15, 0.2) is 0 Å². The zero-order chi connectivity index (χ0) is 16.5. The Morgan fingerprint density at radius 2 is 1.75 bits per heavy atom. The van der Waals surface area contributed by atoms with Crippen molar-refractivity contribution in [3.05, 3.63) is 0 Å². The van der Waals surface area contributed by atoms with Crippen molar-refractivity contribution in [3.63, 3.8) is 0 Å². The summed E-state index contributed by atoms with van der Waals surface area (Å²) in [6, 6.07) is 0.171. The summed E-state index contributed by atoms with van der Waals surface area (Å²) in [6.45, 7) is 1.80. The molecule has 1 unspecified atom stereocenters. The summed E-state index contributed by atoms with van der Waals surface area (Å²) >= 11 is 0. The van der Waals surface area contributed by atoms with Crippen LogP contribution in [0.1, 0.15) is 70.6 Å². The Morgan fingerprint density at radius 1 is 1.04 bits per heavy atom. The van der Waals surface area contributed by atoms with Crippen molar-refractivity contribution < 1.29 is 9.59 Å². The molecule has 1 aliphatic carbocycles. The monoisotopic (exact) mass is 359 g/mol. The lowest BCUT2D eigenvalue weighted by atomic mass is 9.98. The van der Waals surface area contributed by atoms with Crippen molar-refractivity contribution in [1.29, 1.82) is 0 Å². The number of carbonyl (C=O) groups excluding carboxylic acids is 2. The number of amides is 2. The molecule has 2 rings (SSSR count). The van der Waals surface area contributed by atoms with Gasteiger partial charge in [-0.05, 0) is 38.0 Å². The lowest BCUT2D eigenvalue weighted by Crippen LogP contribution is -2.49. The zero-order valence-corrected chi connectivity index (χ0v) is 15.6. The van der Waals surface area contributed by atoms with E-state index >= 15 is 0 Å². The molecular formula is C18H34ClN3O2. The van der Waals surface area contributed by atoms with Gasteiger partial charge in [-0.25, -0.2) is 0 Å². The number of carbonyl (C=O) groups is 2. The third kappa shape index (κ3) is 6.98. The molecule has 3 N–H and O–H groups in total. The van der Waals surface area contributed by atoms with Gasteiger partial charge in [0.05, 0.1) is 0 Å². The van der Waals surface area contributed by atoms with Gasteiger partial charge < -0.3 is 16.0 Å². The number of rotatable bonds is 8. The van der Waals surface area contributed by atoms with Gasteiger partial charge in [-0.15, -0.1) is 12.4 Å². The second kappa shape index (κ2) is 11.7. The normalized spacial score (nSPS) is 21.4. The minimum atomic E-state index is -0.00768. The Kier molecular flexibility index (Phi) is 10.3. The van der Waals surface area contributed by atoms with E-state index in [1.807, 2.05) is 4.90 Å². The van der Waals surface area contributed by atoms with Gasteiger partial charge in [0, 0.05) is 38.5 Å². The van der Waals surface area contributed by atoms with Gasteiger partial charge >= 0.3 is 0 Å². The standard InChI is InChI=1S/C18H33N3O2.ClH/c19-12-11-17(22)20-14-16-9-3-4-13-21(16)18(23)10-5-8-15-6-1-2-7-15;/h15-16H,1-14,19H2,(H,20,22);1H. The minimum Gasteiger partial charge on any atom is -0.354 e. The summed E-state index contributed by atoms with van der Waals surface area (Å²) in [4.78, 5) is 26.1. The molecule has 0 radical (unpaired) electrons. The maximum atomic E-state index is 12.5. The molecule has 1 saturated carbocycles. The summed E-state index contributed by atoms with van der Waals surface area (Å²) in [6.07, 6.45) is 11.9. The van der Waals surface area contributed by atoms with Crippen LogP contribution in [0.2, 0.25) is 0 Å². The molecule has 1 aliphatic heterocycles. The highest BCUT2D eigenvalue weighted by atomic mass is 35.5. The van der Waals surface area contributed by atoms with E-state index in [0.717, 1.165) is 38.1 Å². The first-order valence-electron chi connectivity index (χ1n) is 9.47. The van der Waals surface area contributed by atoms with E-state index in [1.165, 1.54) is 32.1 Å². The second-order valence-corrected chi connectivity index (χ2v) is 7.12. The summed E-state index contributed by atoms with van der Waals surface area (Å²) in [5, 5.41) is 2.93. The molecule has 6 heteroatoms. The summed E-state index contributed by atoms with van der Waals surface area (Å²) < 4.78 is 0. The fraction of sp³-hybridized carbons (Fsp3) is 0.889. The van der Waals surface area contributed by atoms with Crippen molar-refractivity contribution in [2.75, 3.05) is 19.6 Å². The van der Waals surface area contributed by atoms with Crippen LogP contribution in [0.15, 0.2) is 0 Å². The zero-order valence-electron chi connectivity index (χ0n) is 14.8. The van der Waals surface area contributed by atoms with Gasteiger partial charge in [0.2, 0.25) is 11.8 Å². The van der Waals surface area contributed by atoms with E-state index in [1.54, 1.807) is 0 Å². The van der Waals surface area contributed by atoms with E-state index in [4.69, 9.17) is 5.73 Å². The summed E-state index contributed by atoms with van der Waals surface area (Å²) in [5.41, 5.74) is 5.39. The molecule has 1 heterocycles. The Balaban J connectivity index is 0.00000288. The van der Waals surface area contributed by atoms with Gasteiger partial charge in [-0.1, -0.05) is 25.7 Å². The van der Waals surface area contributed by atoms with Gasteiger partial charge in [-0.3, -0.25) is 9.59 Å². The number of hydrogen-bond donors (Lipinski definition) is 2. The third-order valence-corrected chi connectivity index (χ3v) is 5.33. The van der Waals surface area contributed by atoms with E-state index in [0.29, 0.717) is 25.9 Å². The Morgan fingerprint density at radius 3 is 2.46 bits per heavy atom. The molecule has 0 bridgehead atoms. The highest BCUT2D eigenvalue weighted by molar-refractivity contribution is 5.85. The molecule has 2 fully saturated rings. The Hall–Kier alpha value is -0.810. The number of likely N-dealkylation sites (tertiary alicyclic amines) is 1. The molecule has 140 valence electrons. The first-order valence-corrected chi connectivity index (χ1v) is 9.47. The smallest absolute Gasteiger partial charge is 0.222 e. The fourth-order valence-corrected chi connectivity index (χ4v) is 3.98. The molecule has 2 amide bonds. The highest BCUT2D eigenvalue weighted by Crippen LogP contribution is 2.29. The van der Waals surface area contributed by atoms with Gasteiger partial charge in [0.1, 0.15) is 0 Å². The fourth-order valence-electron chi connectivity index (χ4n) is 3.98. The number of nitrogens with two attached hydrogens (primary N) is 1. The van der Waals surface area contributed by atoms with E-state index in [2.05, 4.69) is 5.32 Å². The van der Waals surface area contributed by atoms with Crippen LogP contribution in [0, 0.1) is 5.92 Å².